The lowest BCUT2D eigenvalue weighted by Gasteiger charge is -2.38. The zero-order valence-electron chi connectivity index (χ0n) is 11.3. The van der Waals surface area contributed by atoms with Crippen LogP contribution in [0.3, 0.4) is 0 Å². The average molecular weight is 238 g/mol. The van der Waals surface area contributed by atoms with Gasteiger partial charge in [-0.25, -0.2) is 4.79 Å². The van der Waals surface area contributed by atoms with Gasteiger partial charge in [0.15, 0.2) is 0 Å². The molecule has 1 saturated heterocycles. The smallest absolute Gasteiger partial charge is 0.319 e. The van der Waals surface area contributed by atoms with Gasteiger partial charge in [-0.15, -0.1) is 0 Å². The van der Waals surface area contributed by atoms with E-state index in [0.29, 0.717) is 6.04 Å². The Morgan fingerprint density at radius 1 is 1.06 bits per heavy atom. The highest BCUT2D eigenvalue weighted by Crippen LogP contribution is 2.27. The summed E-state index contributed by atoms with van der Waals surface area (Å²) in [5.74, 6) is 0.852. The van der Waals surface area contributed by atoms with Crippen molar-refractivity contribution in [2.45, 2.75) is 57.9 Å². The second-order valence-corrected chi connectivity index (χ2v) is 5.85. The summed E-state index contributed by atoms with van der Waals surface area (Å²) in [6.07, 6.45) is 8.59. The number of rotatable bonds is 1. The normalized spacial score (nSPS) is 30.1. The Morgan fingerprint density at radius 3 is 2.24 bits per heavy atom. The summed E-state index contributed by atoms with van der Waals surface area (Å²) in [5, 5.41) is 0. The first kappa shape index (κ1) is 12.7. The van der Waals surface area contributed by atoms with Crippen molar-refractivity contribution in [3.8, 4) is 0 Å². The second-order valence-electron chi connectivity index (χ2n) is 5.85. The minimum atomic E-state index is 0.268. The highest BCUT2D eigenvalue weighted by Gasteiger charge is 2.28. The van der Waals surface area contributed by atoms with Crippen LogP contribution in [0, 0.1) is 5.92 Å². The number of likely N-dealkylation sites (tertiary alicyclic amines) is 1. The predicted octanol–water partition coefficient (Wildman–Crippen LogP) is 3.10. The average Bonchev–Trinajstić information content (AvgIpc) is 2.39. The van der Waals surface area contributed by atoms with Gasteiger partial charge in [-0.1, -0.05) is 6.92 Å². The minimum absolute atomic E-state index is 0.268. The van der Waals surface area contributed by atoms with Crippen LogP contribution in [0.5, 0.6) is 0 Å². The van der Waals surface area contributed by atoms with Crippen molar-refractivity contribution in [2.24, 2.45) is 5.92 Å². The van der Waals surface area contributed by atoms with E-state index in [1.54, 1.807) is 0 Å². The van der Waals surface area contributed by atoms with E-state index in [4.69, 9.17) is 0 Å². The molecule has 0 spiro atoms. The molecule has 1 heterocycles. The summed E-state index contributed by atoms with van der Waals surface area (Å²) >= 11 is 0. The van der Waals surface area contributed by atoms with Gasteiger partial charge in [0, 0.05) is 26.2 Å². The third kappa shape index (κ3) is 3.14. The SMILES string of the molecule is CC1CCC(N(C)C(=O)N2CCCCC2)CC1. The summed E-state index contributed by atoms with van der Waals surface area (Å²) < 4.78 is 0. The summed E-state index contributed by atoms with van der Waals surface area (Å²) in [5.41, 5.74) is 0. The van der Waals surface area contributed by atoms with E-state index in [0.717, 1.165) is 19.0 Å². The molecule has 0 aromatic rings. The number of urea groups is 1. The number of nitrogens with zero attached hydrogens (tertiary/aromatic N) is 2. The fraction of sp³-hybridized carbons (Fsp3) is 0.929. The maximum absolute atomic E-state index is 12.3. The molecule has 0 atom stereocenters. The summed E-state index contributed by atoms with van der Waals surface area (Å²) in [6, 6.07) is 0.755. The van der Waals surface area contributed by atoms with Crippen LogP contribution < -0.4 is 0 Å². The third-order valence-electron chi connectivity index (χ3n) is 4.46. The van der Waals surface area contributed by atoms with Crippen molar-refractivity contribution in [3.05, 3.63) is 0 Å². The maximum atomic E-state index is 12.3. The molecule has 17 heavy (non-hydrogen) atoms. The number of hydrogen-bond acceptors (Lipinski definition) is 1. The van der Waals surface area contributed by atoms with Crippen LogP contribution in [-0.2, 0) is 0 Å². The van der Waals surface area contributed by atoms with Crippen LogP contribution in [0.2, 0.25) is 0 Å². The molecule has 2 amide bonds. The van der Waals surface area contributed by atoms with Crippen LogP contribution in [0.1, 0.15) is 51.9 Å². The van der Waals surface area contributed by atoms with Crippen molar-refractivity contribution in [2.75, 3.05) is 20.1 Å². The second kappa shape index (κ2) is 5.74. The molecule has 2 rings (SSSR count). The molecule has 0 aromatic heterocycles. The first-order valence-corrected chi connectivity index (χ1v) is 7.20. The molecule has 0 radical (unpaired) electrons. The molecular formula is C14H26N2O. The quantitative estimate of drug-likeness (QED) is 0.688. The van der Waals surface area contributed by atoms with Crippen molar-refractivity contribution in [3.63, 3.8) is 0 Å². The van der Waals surface area contributed by atoms with Gasteiger partial charge in [-0.05, 0) is 50.9 Å². The van der Waals surface area contributed by atoms with Crippen LogP contribution >= 0.6 is 0 Å². The molecule has 98 valence electrons. The van der Waals surface area contributed by atoms with Gasteiger partial charge in [-0.2, -0.15) is 0 Å². The van der Waals surface area contributed by atoms with Crippen LogP contribution in [0.15, 0.2) is 0 Å². The van der Waals surface area contributed by atoms with Gasteiger partial charge in [0.05, 0.1) is 0 Å². The predicted molar refractivity (Wildman–Crippen MR) is 70.0 cm³/mol. The largest absolute Gasteiger partial charge is 0.325 e. The number of carbonyl (C=O) groups is 1. The minimum Gasteiger partial charge on any atom is -0.325 e. The Labute approximate surface area is 105 Å². The van der Waals surface area contributed by atoms with E-state index >= 15 is 0 Å². The molecule has 3 nitrogen and oxygen atoms in total. The summed E-state index contributed by atoms with van der Waals surface area (Å²) in [6.45, 7) is 4.25. The Morgan fingerprint density at radius 2 is 1.65 bits per heavy atom. The number of carbonyl (C=O) groups excluding carboxylic acids is 1. The van der Waals surface area contributed by atoms with Gasteiger partial charge >= 0.3 is 6.03 Å². The third-order valence-corrected chi connectivity index (χ3v) is 4.46. The summed E-state index contributed by atoms with van der Waals surface area (Å²) in [7, 11) is 2.00. The van der Waals surface area contributed by atoms with Gasteiger partial charge in [0.1, 0.15) is 0 Å². The Kier molecular flexibility index (Phi) is 4.30. The van der Waals surface area contributed by atoms with E-state index in [-0.39, 0.29) is 6.03 Å². The molecular weight excluding hydrogens is 212 g/mol. The lowest BCUT2D eigenvalue weighted by Crippen LogP contribution is -2.48. The van der Waals surface area contributed by atoms with Crippen molar-refractivity contribution in [1.82, 2.24) is 9.80 Å². The first-order valence-electron chi connectivity index (χ1n) is 7.20. The topological polar surface area (TPSA) is 23.6 Å². The molecule has 1 aliphatic heterocycles. The van der Waals surface area contributed by atoms with Gasteiger partial charge in [0.25, 0.3) is 0 Å². The van der Waals surface area contributed by atoms with E-state index in [9.17, 15) is 4.79 Å². The van der Waals surface area contributed by atoms with Crippen molar-refractivity contribution >= 4 is 6.03 Å². The monoisotopic (exact) mass is 238 g/mol. The van der Waals surface area contributed by atoms with Gasteiger partial charge < -0.3 is 9.80 Å². The first-order chi connectivity index (χ1) is 8.18. The van der Waals surface area contributed by atoms with Gasteiger partial charge in [0.2, 0.25) is 0 Å². The Bertz CT molecular complexity index is 253. The molecule has 0 aromatic carbocycles. The molecule has 0 bridgehead atoms. The lowest BCUT2D eigenvalue weighted by atomic mass is 9.87. The number of piperidine rings is 1. The van der Waals surface area contributed by atoms with E-state index in [1.807, 2.05) is 16.8 Å². The van der Waals surface area contributed by atoms with Gasteiger partial charge in [-0.3, -0.25) is 0 Å². The standard InChI is InChI=1S/C14H26N2O/c1-12-6-8-13(9-7-12)15(2)14(17)16-10-4-3-5-11-16/h12-13H,3-11H2,1-2H3. The van der Waals surface area contributed by atoms with Crippen LogP contribution in [0.4, 0.5) is 4.79 Å². The molecule has 1 saturated carbocycles. The fourth-order valence-corrected chi connectivity index (χ4v) is 3.09. The van der Waals surface area contributed by atoms with E-state index < -0.39 is 0 Å². The maximum Gasteiger partial charge on any atom is 0.319 e. The molecule has 0 unspecified atom stereocenters. The Balaban J connectivity index is 1.85. The summed E-state index contributed by atoms with van der Waals surface area (Å²) in [4.78, 5) is 16.4. The highest BCUT2D eigenvalue weighted by molar-refractivity contribution is 5.74. The Hall–Kier alpha value is -0.730. The molecule has 2 fully saturated rings. The van der Waals surface area contributed by atoms with E-state index in [2.05, 4.69) is 6.92 Å². The highest BCUT2D eigenvalue weighted by atomic mass is 16.2. The zero-order valence-corrected chi connectivity index (χ0v) is 11.3. The molecule has 2 aliphatic rings. The molecule has 1 aliphatic carbocycles. The fourth-order valence-electron chi connectivity index (χ4n) is 3.09. The molecule has 0 N–H and O–H groups in total. The van der Waals surface area contributed by atoms with E-state index in [1.165, 1.54) is 44.9 Å². The number of hydrogen-bond donors (Lipinski definition) is 0. The van der Waals surface area contributed by atoms with Crippen molar-refractivity contribution in [1.29, 1.82) is 0 Å². The van der Waals surface area contributed by atoms with Crippen LogP contribution in [0.25, 0.3) is 0 Å². The lowest BCUT2D eigenvalue weighted by molar-refractivity contribution is 0.121. The number of amides is 2. The zero-order chi connectivity index (χ0) is 12.3. The van der Waals surface area contributed by atoms with Crippen molar-refractivity contribution < 1.29 is 4.79 Å². The molecule has 3 heteroatoms. The van der Waals surface area contributed by atoms with Crippen LogP contribution in [-0.4, -0.2) is 42.0 Å².